The number of imide groups is 1. The van der Waals surface area contributed by atoms with Gasteiger partial charge in [-0.3, -0.25) is 19.7 Å². The van der Waals surface area contributed by atoms with E-state index in [1.54, 1.807) is 4.90 Å². The van der Waals surface area contributed by atoms with E-state index in [1.807, 2.05) is 30.3 Å². The molecular formula is C31H35FN4O7S. The van der Waals surface area contributed by atoms with E-state index in [0.717, 1.165) is 5.56 Å². The van der Waals surface area contributed by atoms with Crippen molar-refractivity contribution in [1.29, 1.82) is 0 Å². The van der Waals surface area contributed by atoms with Gasteiger partial charge in [-0.05, 0) is 66.8 Å². The summed E-state index contributed by atoms with van der Waals surface area (Å²) in [6.07, 6.45) is 1.45. The van der Waals surface area contributed by atoms with E-state index in [1.165, 1.54) is 21.3 Å². The standard InChI is InChI=1S/C31H35FN4O7S/c32-22-16-24(26-18-36(30(39)25(26)17-22)27-6-7-28(37)33-29(27)38)21-8-14-35(15-9-21)44(41,42)23-10-12-34(13-11-23)31(40)43-19-20-4-2-1-3-5-20/h1-5,16-17,21,23,27H,6-15,18-19H2,(H,33,37,38). The van der Waals surface area contributed by atoms with E-state index in [0.29, 0.717) is 49.9 Å². The minimum absolute atomic E-state index is 0.127. The Kier molecular flexibility index (Phi) is 8.42. The van der Waals surface area contributed by atoms with Gasteiger partial charge in [-0.2, -0.15) is 0 Å². The lowest BCUT2D eigenvalue weighted by molar-refractivity contribution is -0.136. The van der Waals surface area contributed by atoms with Crippen LogP contribution in [-0.4, -0.2) is 83.8 Å². The van der Waals surface area contributed by atoms with Crippen LogP contribution in [0, 0.1) is 5.82 Å². The van der Waals surface area contributed by atoms with Crippen LogP contribution in [0.5, 0.6) is 0 Å². The molecule has 44 heavy (non-hydrogen) atoms. The van der Waals surface area contributed by atoms with E-state index in [2.05, 4.69) is 5.32 Å². The molecule has 0 aliphatic carbocycles. The smallest absolute Gasteiger partial charge is 0.410 e. The van der Waals surface area contributed by atoms with Gasteiger partial charge in [0, 0.05) is 44.7 Å². The second-order valence-electron chi connectivity index (χ2n) is 11.9. The Morgan fingerprint density at radius 2 is 1.66 bits per heavy atom. The monoisotopic (exact) mass is 626 g/mol. The van der Waals surface area contributed by atoms with Crippen molar-refractivity contribution < 1.29 is 36.7 Å². The number of benzene rings is 2. The predicted molar refractivity (Wildman–Crippen MR) is 156 cm³/mol. The molecular weight excluding hydrogens is 591 g/mol. The van der Waals surface area contributed by atoms with Crippen LogP contribution in [0.2, 0.25) is 0 Å². The second kappa shape index (κ2) is 12.3. The molecule has 1 atom stereocenters. The topological polar surface area (TPSA) is 133 Å². The molecule has 3 saturated heterocycles. The Morgan fingerprint density at radius 3 is 2.34 bits per heavy atom. The number of amides is 4. The molecule has 0 saturated carbocycles. The fourth-order valence-electron chi connectivity index (χ4n) is 6.80. The first-order valence-electron chi connectivity index (χ1n) is 15.0. The quantitative estimate of drug-likeness (QED) is 0.488. The third kappa shape index (κ3) is 5.94. The minimum Gasteiger partial charge on any atom is -0.445 e. The van der Waals surface area contributed by atoms with Crippen LogP contribution >= 0.6 is 0 Å². The highest BCUT2D eigenvalue weighted by Crippen LogP contribution is 2.38. The van der Waals surface area contributed by atoms with Gasteiger partial charge in [0.15, 0.2) is 0 Å². The fraction of sp³-hybridized carbons (Fsp3) is 0.484. The lowest BCUT2D eigenvalue weighted by Gasteiger charge is -2.37. The van der Waals surface area contributed by atoms with Crippen LogP contribution < -0.4 is 5.32 Å². The van der Waals surface area contributed by atoms with Crippen molar-refractivity contribution in [3.05, 3.63) is 70.5 Å². The molecule has 1 unspecified atom stereocenters. The maximum atomic E-state index is 14.7. The highest BCUT2D eigenvalue weighted by Gasteiger charge is 2.42. The summed E-state index contributed by atoms with van der Waals surface area (Å²) in [4.78, 5) is 52.7. The zero-order valence-electron chi connectivity index (χ0n) is 24.2. The van der Waals surface area contributed by atoms with Gasteiger partial charge in [-0.15, -0.1) is 0 Å². The lowest BCUT2D eigenvalue weighted by atomic mass is 9.86. The molecule has 0 radical (unpaired) electrons. The number of fused-ring (bicyclic) bond motifs is 1. The van der Waals surface area contributed by atoms with Crippen LogP contribution in [0.15, 0.2) is 42.5 Å². The number of piperidine rings is 3. The van der Waals surface area contributed by atoms with Gasteiger partial charge in [0.25, 0.3) is 5.91 Å². The average Bonchev–Trinajstić information content (AvgIpc) is 3.35. The van der Waals surface area contributed by atoms with Gasteiger partial charge in [0.2, 0.25) is 21.8 Å². The van der Waals surface area contributed by atoms with E-state index in [9.17, 15) is 32.0 Å². The zero-order chi connectivity index (χ0) is 31.0. The molecule has 2 aromatic rings. The molecule has 4 aliphatic rings. The van der Waals surface area contributed by atoms with Crippen LogP contribution in [-0.2, 0) is 37.5 Å². The lowest BCUT2D eigenvalue weighted by Crippen LogP contribution is -2.52. The van der Waals surface area contributed by atoms with Crippen LogP contribution in [0.25, 0.3) is 0 Å². The molecule has 11 nitrogen and oxygen atoms in total. The first-order chi connectivity index (χ1) is 21.1. The number of hydrogen-bond acceptors (Lipinski definition) is 7. The zero-order valence-corrected chi connectivity index (χ0v) is 25.1. The summed E-state index contributed by atoms with van der Waals surface area (Å²) in [7, 11) is -3.61. The highest BCUT2D eigenvalue weighted by atomic mass is 32.2. The number of halogens is 1. The molecule has 13 heteroatoms. The van der Waals surface area contributed by atoms with Crippen molar-refractivity contribution in [1.82, 2.24) is 19.4 Å². The summed E-state index contributed by atoms with van der Waals surface area (Å²) < 4.78 is 48.7. The van der Waals surface area contributed by atoms with Crippen molar-refractivity contribution in [2.24, 2.45) is 0 Å². The molecule has 0 spiro atoms. The molecule has 1 N–H and O–H groups in total. The maximum absolute atomic E-state index is 14.7. The number of rotatable bonds is 6. The number of carbonyl (C=O) groups is 4. The van der Waals surface area contributed by atoms with Crippen molar-refractivity contribution >= 4 is 33.8 Å². The largest absolute Gasteiger partial charge is 0.445 e. The van der Waals surface area contributed by atoms with Gasteiger partial charge in [-0.25, -0.2) is 21.9 Å². The van der Waals surface area contributed by atoms with Crippen LogP contribution in [0.3, 0.4) is 0 Å². The third-order valence-corrected chi connectivity index (χ3v) is 11.6. The molecule has 3 fully saturated rings. The molecule has 0 aromatic heterocycles. The number of carbonyl (C=O) groups excluding carboxylic acids is 4. The van der Waals surface area contributed by atoms with Crippen molar-refractivity contribution in [2.75, 3.05) is 26.2 Å². The summed E-state index contributed by atoms with van der Waals surface area (Å²) in [5.41, 5.74) is 2.42. The Morgan fingerprint density at radius 1 is 0.955 bits per heavy atom. The molecule has 2 aromatic carbocycles. The normalized spacial score (nSPS) is 22.2. The van der Waals surface area contributed by atoms with E-state index in [4.69, 9.17) is 4.74 Å². The van der Waals surface area contributed by atoms with Crippen molar-refractivity contribution in [3.8, 4) is 0 Å². The number of likely N-dealkylation sites (tertiary alicyclic amines) is 1. The van der Waals surface area contributed by atoms with E-state index < -0.39 is 45.0 Å². The number of nitrogens with zero attached hydrogens (tertiary/aromatic N) is 3. The molecule has 6 rings (SSSR count). The predicted octanol–water partition coefficient (Wildman–Crippen LogP) is 2.90. The fourth-order valence-corrected chi connectivity index (χ4v) is 8.74. The van der Waals surface area contributed by atoms with Gasteiger partial charge in [-0.1, -0.05) is 30.3 Å². The number of hydrogen-bond donors (Lipinski definition) is 1. The molecule has 4 heterocycles. The maximum Gasteiger partial charge on any atom is 0.410 e. The average molecular weight is 627 g/mol. The molecule has 4 aliphatic heterocycles. The summed E-state index contributed by atoms with van der Waals surface area (Å²) in [5.74, 6) is -2.05. The summed E-state index contributed by atoms with van der Waals surface area (Å²) in [6, 6.07) is 11.2. The van der Waals surface area contributed by atoms with Gasteiger partial charge in [0.05, 0.1) is 5.25 Å². The van der Waals surface area contributed by atoms with Crippen molar-refractivity contribution in [3.63, 3.8) is 0 Å². The number of nitrogens with one attached hydrogen (secondary N) is 1. The van der Waals surface area contributed by atoms with Crippen LogP contribution in [0.4, 0.5) is 9.18 Å². The number of ether oxygens (including phenoxy) is 1. The molecule has 4 amide bonds. The third-order valence-electron chi connectivity index (χ3n) is 9.24. The molecule has 234 valence electrons. The second-order valence-corrected chi connectivity index (χ2v) is 14.1. The van der Waals surface area contributed by atoms with Gasteiger partial charge in [0.1, 0.15) is 18.5 Å². The Bertz CT molecular complexity index is 1570. The SMILES string of the molecule is O=C1CCC(N2Cc3c(cc(F)cc3C3CCN(S(=O)(=O)C4CCN(C(=O)OCc5ccccc5)CC4)CC3)C2=O)C(=O)N1. The highest BCUT2D eigenvalue weighted by molar-refractivity contribution is 7.89. The first kappa shape index (κ1) is 30.2. The van der Waals surface area contributed by atoms with E-state index in [-0.39, 0.29) is 56.5 Å². The van der Waals surface area contributed by atoms with Crippen molar-refractivity contribution in [2.45, 2.75) is 68.9 Å². The summed E-state index contributed by atoms with van der Waals surface area (Å²) in [6.45, 7) is 1.42. The summed E-state index contributed by atoms with van der Waals surface area (Å²) in [5, 5.41) is 1.67. The number of sulfonamides is 1. The van der Waals surface area contributed by atoms with Crippen LogP contribution in [0.1, 0.15) is 71.5 Å². The first-order valence-corrected chi connectivity index (χ1v) is 16.5. The Hall–Kier alpha value is -3.84. The van der Waals surface area contributed by atoms with Gasteiger partial charge < -0.3 is 14.5 Å². The van der Waals surface area contributed by atoms with Gasteiger partial charge >= 0.3 is 6.09 Å². The molecule has 0 bridgehead atoms. The minimum atomic E-state index is -3.61. The van der Waals surface area contributed by atoms with E-state index >= 15 is 0 Å². The Labute approximate surface area is 255 Å². The summed E-state index contributed by atoms with van der Waals surface area (Å²) >= 11 is 0. The Balaban J connectivity index is 1.05.